The fourth-order valence-corrected chi connectivity index (χ4v) is 3.36. The fraction of sp³-hybridized carbons (Fsp3) is 0.545. The van der Waals surface area contributed by atoms with E-state index in [2.05, 4.69) is 6.58 Å². The molecule has 0 heterocycles. The lowest BCUT2D eigenvalue weighted by Crippen LogP contribution is -2.46. The molecule has 0 saturated heterocycles. The zero-order valence-electron chi connectivity index (χ0n) is 16.6. The number of esters is 1. The molecule has 0 unspecified atom stereocenters. The summed E-state index contributed by atoms with van der Waals surface area (Å²) < 4.78 is 22.0. The van der Waals surface area contributed by atoms with Gasteiger partial charge in [-0.3, -0.25) is 4.79 Å². The Hall–Kier alpha value is -2.02. The van der Waals surface area contributed by atoms with Crippen LogP contribution < -0.4 is 0 Å². The molecule has 0 radical (unpaired) electrons. The molecule has 1 saturated carbocycles. The summed E-state index contributed by atoms with van der Waals surface area (Å²) in [6.45, 7) is 6.26. The minimum absolute atomic E-state index is 0.0311. The highest BCUT2D eigenvalue weighted by Gasteiger charge is 2.42. The largest absolute Gasteiger partial charge is 0.460 e. The number of hydrogen-bond donors (Lipinski definition) is 0. The third-order valence-electron chi connectivity index (χ3n) is 4.72. The number of ketones is 1. The van der Waals surface area contributed by atoms with Gasteiger partial charge in [0, 0.05) is 11.6 Å². The average molecular weight is 390 g/mol. The van der Waals surface area contributed by atoms with Crippen LogP contribution in [0.5, 0.6) is 0 Å². The average Bonchev–Trinajstić information content (AvgIpc) is 2.73. The van der Waals surface area contributed by atoms with Crippen LogP contribution in [-0.4, -0.2) is 50.1 Å². The van der Waals surface area contributed by atoms with E-state index in [9.17, 15) is 9.59 Å². The Morgan fingerprint density at radius 2 is 1.75 bits per heavy atom. The number of ether oxygens (including phenoxy) is 4. The molecule has 1 atom stereocenters. The van der Waals surface area contributed by atoms with Gasteiger partial charge in [-0.1, -0.05) is 56.2 Å². The van der Waals surface area contributed by atoms with Crippen LogP contribution >= 0.6 is 0 Å². The van der Waals surface area contributed by atoms with E-state index in [4.69, 9.17) is 18.9 Å². The predicted octanol–water partition coefficient (Wildman–Crippen LogP) is 3.70. The summed E-state index contributed by atoms with van der Waals surface area (Å²) in [5.41, 5.74) is -0.146. The van der Waals surface area contributed by atoms with Crippen LogP contribution in [-0.2, 0) is 23.7 Å². The summed E-state index contributed by atoms with van der Waals surface area (Å²) in [6.07, 6.45) is 5.06. The molecule has 6 nitrogen and oxygen atoms in total. The number of Topliss-reactive ketones (excluding diaryl/α,β-unsaturated/α-hetero) is 1. The summed E-state index contributed by atoms with van der Waals surface area (Å²) in [4.78, 5) is 24.0. The lowest BCUT2D eigenvalue weighted by Gasteiger charge is -2.37. The van der Waals surface area contributed by atoms with Gasteiger partial charge in [-0.2, -0.15) is 0 Å². The van der Waals surface area contributed by atoms with Gasteiger partial charge in [-0.25, -0.2) is 4.79 Å². The molecular weight excluding hydrogens is 360 g/mol. The quantitative estimate of drug-likeness (QED) is 0.178. The number of hydrogen-bond acceptors (Lipinski definition) is 6. The molecule has 28 heavy (non-hydrogen) atoms. The minimum Gasteiger partial charge on any atom is -0.460 e. The van der Waals surface area contributed by atoms with Gasteiger partial charge in [0.2, 0.25) is 0 Å². The van der Waals surface area contributed by atoms with Crippen LogP contribution in [0, 0.1) is 0 Å². The van der Waals surface area contributed by atoms with Gasteiger partial charge >= 0.3 is 5.97 Å². The number of rotatable bonds is 12. The van der Waals surface area contributed by atoms with Crippen LogP contribution in [0.3, 0.4) is 0 Å². The number of carbonyl (C=O) groups excluding carboxylic acids is 2. The van der Waals surface area contributed by atoms with Crippen LogP contribution in [0.15, 0.2) is 43.0 Å². The molecule has 154 valence electrons. The van der Waals surface area contributed by atoms with Crippen molar-refractivity contribution in [1.82, 2.24) is 0 Å². The second-order valence-corrected chi connectivity index (χ2v) is 6.79. The fourth-order valence-electron chi connectivity index (χ4n) is 3.36. The maximum atomic E-state index is 13.1. The molecule has 1 aliphatic rings. The summed E-state index contributed by atoms with van der Waals surface area (Å²) in [6, 6.07) is 9.30. The molecule has 0 N–H and O–H groups in total. The Balaban J connectivity index is 1.78. The van der Waals surface area contributed by atoms with Crippen molar-refractivity contribution in [3.63, 3.8) is 0 Å². The number of carbonyl (C=O) groups is 2. The highest BCUT2D eigenvalue weighted by atomic mass is 16.7. The molecule has 0 aliphatic heterocycles. The second kappa shape index (κ2) is 11.7. The van der Waals surface area contributed by atoms with Crippen LogP contribution in [0.4, 0.5) is 0 Å². The Kier molecular flexibility index (Phi) is 9.34. The Bertz CT molecular complexity index is 621. The van der Waals surface area contributed by atoms with Crippen molar-refractivity contribution >= 4 is 11.8 Å². The van der Waals surface area contributed by atoms with E-state index in [1.807, 2.05) is 30.3 Å². The zero-order valence-corrected chi connectivity index (χ0v) is 16.6. The molecule has 1 aromatic rings. The molecule has 2 rings (SSSR count). The van der Waals surface area contributed by atoms with Gasteiger partial charge in [0.25, 0.3) is 0 Å². The first-order valence-electron chi connectivity index (χ1n) is 9.83. The molecule has 0 amide bonds. The van der Waals surface area contributed by atoms with Crippen molar-refractivity contribution in [1.29, 1.82) is 0 Å². The maximum Gasteiger partial charge on any atom is 0.330 e. The molecule has 6 heteroatoms. The van der Waals surface area contributed by atoms with Gasteiger partial charge in [0.05, 0.1) is 19.8 Å². The summed E-state index contributed by atoms with van der Waals surface area (Å²) in [5, 5.41) is 0. The third-order valence-corrected chi connectivity index (χ3v) is 4.72. The molecule has 0 aromatic heterocycles. The molecule has 1 aliphatic carbocycles. The van der Waals surface area contributed by atoms with E-state index in [0.717, 1.165) is 25.3 Å². The van der Waals surface area contributed by atoms with Gasteiger partial charge in [0.15, 0.2) is 12.1 Å². The van der Waals surface area contributed by atoms with E-state index in [0.29, 0.717) is 31.6 Å². The van der Waals surface area contributed by atoms with Crippen molar-refractivity contribution in [3.05, 3.63) is 48.6 Å². The Morgan fingerprint density at radius 1 is 1.07 bits per heavy atom. The lowest BCUT2D eigenvalue weighted by atomic mass is 9.79. The summed E-state index contributed by atoms with van der Waals surface area (Å²) >= 11 is 0. The highest BCUT2D eigenvalue weighted by molar-refractivity contribution is 6.02. The molecule has 0 spiro atoms. The summed E-state index contributed by atoms with van der Waals surface area (Å²) in [7, 11) is 0. The van der Waals surface area contributed by atoms with Crippen LogP contribution in [0.1, 0.15) is 49.4 Å². The van der Waals surface area contributed by atoms with E-state index < -0.39 is 17.9 Å². The van der Waals surface area contributed by atoms with E-state index in [-0.39, 0.29) is 19.0 Å². The minimum atomic E-state index is -0.821. The first kappa shape index (κ1) is 22.3. The molecule has 1 aromatic carbocycles. The first-order valence-corrected chi connectivity index (χ1v) is 9.83. The smallest absolute Gasteiger partial charge is 0.330 e. The predicted molar refractivity (Wildman–Crippen MR) is 105 cm³/mol. The number of benzene rings is 1. The second-order valence-electron chi connectivity index (χ2n) is 6.79. The van der Waals surface area contributed by atoms with Crippen molar-refractivity contribution in [2.75, 3.05) is 26.4 Å². The zero-order chi connectivity index (χ0) is 20.2. The maximum absolute atomic E-state index is 13.1. The molecular formula is C22H30O6. The first-order chi connectivity index (χ1) is 13.6. The van der Waals surface area contributed by atoms with Gasteiger partial charge in [-0.05, 0) is 19.8 Å². The normalized spacial score (nSPS) is 16.9. The lowest BCUT2D eigenvalue weighted by molar-refractivity contribution is -0.198. The van der Waals surface area contributed by atoms with Crippen molar-refractivity contribution in [2.45, 2.75) is 50.9 Å². The van der Waals surface area contributed by atoms with Crippen LogP contribution in [0.25, 0.3) is 0 Å². The van der Waals surface area contributed by atoms with Crippen molar-refractivity contribution in [3.8, 4) is 0 Å². The Morgan fingerprint density at radius 3 is 2.43 bits per heavy atom. The van der Waals surface area contributed by atoms with E-state index in [1.54, 1.807) is 6.92 Å². The van der Waals surface area contributed by atoms with Crippen molar-refractivity contribution in [2.24, 2.45) is 0 Å². The SMILES string of the molecule is C=CC(=O)OCCOCCO[C@@H](C)OC1(C(=O)c2ccccc2)CCCCC1. The summed E-state index contributed by atoms with van der Waals surface area (Å²) in [5.74, 6) is -0.439. The third kappa shape index (κ3) is 6.86. The van der Waals surface area contributed by atoms with E-state index >= 15 is 0 Å². The van der Waals surface area contributed by atoms with Gasteiger partial charge in [-0.15, -0.1) is 0 Å². The standard InChI is InChI=1S/C22H30O6/c1-3-20(23)27-17-15-25-14-16-26-18(2)28-22(12-8-5-9-13-22)21(24)19-10-6-4-7-11-19/h3-4,6-7,10-11,18H,1,5,8-9,12-17H2,2H3/t18-/m1/s1. The topological polar surface area (TPSA) is 71.1 Å². The molecule has 0 bridgehead atoms. The van der Waals surface area contributed by atoms with Gasteiger partial charge in [0.1, 0.15) is 12.2 Å². The molecule has 1 fully saturated rings. The van der Waals surface area contributed by atoms with Gasteiger partial charge < -0.3 is 18.9 Å². The Labute approximate surface area is 166 Å². The monoisotopic (exact) mass is 390 g/mol. The van der Waals surface area contributed by atoms with Crippen LogP contribution in [0.2, 0.25) is 0 Å². The van der Waals surface area contributed by atoms with Crippen molar-refractivity contribution < 1.29 is 28.5 Å². The van der Waals surface area contributed by atoms with E-state index in [1.165, 1.54) is 0 Å². The highest BCUT2D eigenvalue weighted by Crippen LogP contribution is 2.35.